The van der Waals surface area contributed by atoms with Crippen LogP contribution < -0.4 is 10.9 Å². The van der Waals surface area contributed by atoms with Gasteiger partial charge in [-0.1, -0.05) is 0 Å². The molecule has 10 heteroatoms. The third-order valence-corrected chi connectivity index (χ3v) is 3.42. The summed E-state index contributed by atoms with van der Waals surface area (Å²) in [5, 5.41) is 21.3. The van der Waals surface area contributed by atoms with E-state index in [1.807, 2.05) is 0 Å². The van der Waals surface area contributed by atoms with Gasteiger partial charge in [-0.2, -0.15) is 4.98 Å². The molecule has 2 aromatic heterocycles. The molecule has 10 nitrogen and oxygen atoms in total. The number of amides is 1. The standard InChI is InChI=1S/C12H15N5O5/c1-5(19)14-12-15-10-9(11(21)16-12)13-4-17(10)8-2-6(20)7(3-18)22-8/h4,6-8,18,20H,2-3H2,1H3,(H2,14,15,16,19,21). The highest BCUT2D eigenvalue weighted by Gasteiger charge is 2.35. The molecule has 0 spiro atoms. The highest BCUT2D eigenvalue weighted by molar-refractivity contribution is 5.87. The number of carbonyl (C=O) groups is 1. The molecule has 3 atom stereocenters. The largest absolute Gasteiger partial charge is 0.394 e. The molecular weight excluding hydrogens is 294 g/mol. The van der Waals surface area contributed by atoms with Crippen molar-refractivity contribution in [2.45, 2.75) is 31.8 Å². The fraction of sp³-hybridized carbons (Fsp3) is 0.500. The molecule has 0 bridgehead atoms. The molecule has 1 fully saturated rings. The monoisotopic (exact) mass is 309 g/mol. The molecule has 22 heavy (non-hydrogen) atoms. The predicted molar refractivity (Wildman–Crippen MR) is 74.1 cm³/mol. The van der Waals surface area contributed by atoms with Crippen LogP contribution in [0.3, 0.4) is 0 Å². The SMILES string of the molecule is CC(=O)Nc1nc2c(ncn2C2CC(O)C(CO)O2)c(=O)[nH]1. The van der Waals surface area contributed by atoms with Crippen LogP contribution >= 0.6 is 0 Å². The fourth-order valence-corrected chi connectivity index (χ4v) is 2.41. The fourth-order valence-electron chi connectivity index (χ4n) is 2.41. The average Bonchev–Trinajstić information content (AvgIpc) is 3.01. The summed E-state index contributed by atoms with van der Waals surface area (Å²) >= 11 is 0. The molecule has 1 amide bonds. The highest BCUT2D eigenvalue weighted by Crippen LogP contribution is 2.30. The second-order valence-corrected chi connectivity index (χ2v) is 5.03. The summed E-state index contributed by atoms with van der Waals surface area (Å²) in [4.78, 5) is 33.6. The quantitative estimate of drug-likeness (QED) is 0.553. The van der Waals surface area contributed by atoms with Gasteiger partial charge in [-0.3, -0.25) is 24.5 Å². The second kappa shape index (κ2) is 5.48. The van der Waals surface area contributed by atoms with Crippen molar-refractivity contribution in [2.75, 3.05) is 11.9 Å². The summed E-state index contributed by atoms with van der Waals surface area (Å²) in [6, 6.07) is 0. The van der Waals surface area contributed by atoms with Gasteiger partial charge >= 0.3 is 0 Å². The number of aromatic amines is 1. The van der Waals surface area contributed by atoms with Crippen LogP contribution in [0.15, 0.2) is 11.1 Å². The average molecular weight is 309 g/mol. The molecule has 2 aromatic rings. The lowest BCUT2D eigenvalue weighted by Crippen LogP contribution is -2.24. The molecule has 3 rings (SSSR count). The topological polar surface area (TPSA) is 142 Å². The van der Waals surface area contributed by atoms with E-state index in [0.29, 0.717) is 0 Å². The van der Waals surface area contributed by atoms with Crippen molar-refractivity contribution in [3.63, 3.8) is 0 Å². The minimum atomic E-state index is -0.815. The maximum Gasteiger partial charge on any atom is 0.280 e. The van der Waals surface area contributed by atoms with Gasteiger partial charge in [0.15, 0.2) is 11.2 Å². The van der Waals surface area contributed by atoms with Gasteiger partial charge in [0.25, 0.3) is 5.56 Å². The Balaban J connectivity index is 2.02. The zero-order valence-corrected chi connectivity index (χ0v) is 11.7. The van der Waals surface area contributed by atoms with Crippen molar-refractivity contribution >= 4 is 23.0 Å². The number of hydrogen-bond acceptors (Lipinski definition) is 7. The molecule has 0 radical (unpaired) electrons. The minimum Gasteiger partial charge on any atom is -0.394 e. The predicted octanol–water partition coefficient (Wildman–Crippen LogP) is -1.28. The number of ether oxygens (including phenoxy) is 1. The number of nitrogens with zero attached hydrogens (tertiary/aromatic N) is 3. The lowest BCUT2D eigenvalue weighted by molar-refractivity contribution is -0.114. The van der Waals surface area contributed by atoms with Gasteiger partial charge in [-0.25, -0.2) is 4.98 Å². The zero-order chi connectivity index (χ0) is 15.9. The van der Waals surface area contributed by atoms with Crippen LogP contribution in [-0.2, 0) is 9.53 Å². The molecule has 0 aliphatic carbocycles. The first kappa shape index (κ1) is 14.6. The van der Waals surface area contributed by atoms with Crippen molar-refractivity contribution in [3.8, 4) is 0 Å². The van der Waals surface area contributed by atoms with Crippen LogP contribution in [0.5, 0.6) is 0 Å². The van der Waals surface area contributed by atoms with Crippen LogP contribution in [0.25, 0.3) is 11.2 Å². The molecule has 3 unspecified atom stereocenters. The second-order valence-electron chi connectivity index (χ2n) is 5.03. The van der Waals surface area contributed by atoms with Crippen LogP contribution in [0.1, 0.15) is 19.6 Å². The molecule has 118 valence electrons. The van der Waals surface area contributed by atoms with Crippen LogP contribution in [0.4, 0.5) is 5.95 Å². The molecule has 1 aliphatic heterocycles. The number of aromatic nitrogens is 4. The minimum absolute atomic E-state index is 0.00371. The van der Waals surface area contributed by atoms with E-state index in [-0.39, 0.29) is 36.0 Å². The van der Waals surface area contributed by atoms with Gasteiger partial charge in [-0.15, -0.1) is 0 Å². The summed E-state index contributed by atoms with van der Waals surface area (Å²) in [6.45, 7) is 0.985. The maximum absolute atomic E-state index is 11.9. The van der Waals surface area contributed by atoms with Crippen molar-refractivity contribution < 1.29 is 19.7 Å². The number of carbonyl (C=O) groups excluding carboxylic acids is 1. The third-order valence-electron chi connectivity index (χ3n) is 3.42. The molecule has 0 aromatic carbocycles. The summed E-state index contributed by atoms with van der Waals surface area (Å²) < 4.78 is 7.01. The van der Waals surface area contributed by atoms with E-state index >= 15 is 0 Å². The number of fused-ring (bicyclic) bond motifs is 1. The van der Waals surface area contributed by atoms with Crippen LogP contribution in [0.2, 0.25) is 0 Å². The number of H-pyrrole nitrogens is 1. The maximum atomic E-state index is 11.9. The number of aliphatic hydroxyl groups is 2. The summed E-state index contributed by atoms with van der Waals surface area (Å²) in [5.74, 6) is -0.370. The van der Waals surface area contributed by atoms with Gasteiger partial charge in [0.05, 0.1) is 19.0 Å². The van der Waals surface area contributed by atoms with Crippen molar-refractivity contribution in [1.29, 1.82) is 0 Å². The van der Waals surface area contributed by atoms with E-state index in [0.717, 1.165) is 0 Å². The Morgan fingerprint density at radius 1 is 1.64 bits per heavy atom. The van der Waals surface area contributed by atoms with Gasteiger partial charge in [-0.05, 0) is 0 Å². The summed E-state index contributed by atoms with van der Waals surface area (Å²) in [7, 11) is 0. The lowest BCUT2D eigenvalue weighted by Gasteiger charge is -2.13. The Morgan fingerprint density at radius 2 is 2.41 bits per heavy atom. The summed E-state index contributed by atoms with van der Waals surface area (Å²) in [5.41, 5.74) is -0.173. The number of aliphatic hydroxyl groups excluding tert-OH is 2. The molecule has 3 heterocycles. The van der Waals surface area contributed by atoms with Crippen molar-refractivity contribution in [3.05, 3.63) is 16.7 Å². The molecular formula is C12H15N5O5. The number of hydrogen-bond donors (Lipinski definition) is 4. The van der Waals surface area contributed by atoms with Gasteiger partial charge < -0.3 is 14.9 Å². The zero-order valence-electron chi connectivity index (χ0n) is 11.7. The van der Waals surface area contributed by atoms with E-state index < -0.39 is 24.0 Å². The van der Waals surface area contributed by atoms with E-state index in [9.17, 15) is 14.7 Å². The van der Waals surface area contributed by atoms with Crippen LogP contribution in [0, 0.1) is 0 Å². The van der Waals surface area contributed by atoms with E-state index in [1.54, 1.807) is 0 Å². The number of rotatable bonds is 3. The highest BCUT2D eigenvalue weighted by atomic mass is 16.5. The number of anilines is 1. The Kier molecular flexibility index (Phi) is 3.64. The Labute approximate surface area is 123 Å². The first-order chi connectivity index (χ1) is 10.5. The lowest BCUT2D eigenvalue weighted by atomic mass is 10.2. The number of nitrogens with one attached hydrogen (secondary N) is 2. The van der Waals surface area contributed by atoms with Crippen molar-refractivity contribution in [2.24, 2.45) is 0 Å². The first-order valence-electron chi connectivity index (χ1n) is 6.68. The number of imidazole rings is 1. The van der Waals surface area contributed by atoms with E-state index in [2.05, 4.69) is 20.3 Å². The molecule has 0 saturated carbocycles. The molecule has 1 saturated heterocycles. The Bertz CT molecular complexity index is 769. The first-order valence-corrected chi connectivity index (χ1v) is 6.68. The van der Waals surface area contributed by atoms with Crippen LogP contribution in [-0.4, -0.2) is 54.5 Å². The normalized spacial score (nSPS) is 24.8. The Hall–Kier alpha value is -2.30. The smallest absolute Gasteiger partial charge is 0.280 e. The van der Waals surface area contributed by atoms with Crippen molar-refractivity contribution in [1.82, 2.24) is 19.5 Å². The molecule has 4 N–H and O–H groups in total. The van der Waals surface area contributed by atoms with Gasteiger partial charge in [0.2, 0.25) is 11.9 Å². The molecule has 1 aliphatic rings. The van der Waals surface area contributed by atoms with Gasteiger partial charge in [0, 0.05) is 13.3 Å². The Morgan fingerprint density at radius 3 is 3.05 bits per heavy atom. The van der Waals surface area contributed by atoms with E-state index in [4.69, 9.17) is 9.84 Å². The van der Waals surface area contributed by atoms with Gasteiger partial charge in [0.1, 0.15) is 12.3 Å². The van der Waals surface area contributed by atoms with E-state index in [1.165, 1.54) is 17.8 Å². The third kappa shape index (κ3) is 2.47. The summed E-state index contributed by atoms with van der Waals surface area (Å²) in [6.07, 6.45) is -0.498.